The molecule has 0 unspecified atom stereocenters. The number of nitrogens with one attached hydrogen (secondary N) is 1. The minimum Gasteiger partial charge on any atom is -0.399 e. The Morgan fingerprint density at radius 2 is 1.84 bits per heavy atom. The third kappa shape index (κ3) is 4.22. The number of piperidine rings is 1. The first-order valence-corrected chi connectivity index (χ1v) is 10.5. The van der Waals surface area contributed by atoms with E-state index in [9.17, 15) is 18.3 Å². The number of anilines is 2. The number of hydrogen-bond acceptors (Lipinski definition) is 6. The average Bonchev–Trinajstić information content (AvgIpc) is 2.77. The predicted octanol–water partition coefficient (Wildman–Crippen LogP) is 4.38. The summed E-state index contributed by atoms with van der Waals surface area (Å²) in [4.78, 5) is 2.17. The van der Waals surface area contributed by atoms with E-state index in [1.165, 1.54) is 12.3 Å². The van der Waals surface area contributed by atoms with Crippen molar-refractivity contribution in [3.63, 3.8) is 0 Å². The fourth-order valence-corrected chi connectivity index (χ4v) is 4.22. The standard InChI is InChI=1S/C23H26F3N5O/c1-13(16-10-15(27)11-18(21(16)24)22(25)26)29-20-12-28-30-19-4-3-14(9-17(19)20)23(32)5-7-31(2)8-6-23/h3-4,9-13,22,32H,5-8,27H2,1-2H3,(H,29,30)/t13-/m1/s1. The molecule has 4 N–H and O–H groups in total. The van der Waals surface area contributed by atoms with Crippen molar-refractivity contribution < 1.29 is 18.3 Å². The number of fused-ring (bicyclic) bond motifs is 1. The van der Waals surface area contributed by atoms with Gasteiger partial charge in [-0.25, -0.2) is 13.2 Å². The van der Waals surface area contributed by atoms with E-state index in [0.29, 0.717) is 29.4 Å². The van der Waals surface area contributed by atoms with Crippen LogP contribution in [-0.2, 0) is 5.60 Å². The van der Waals surface area contributed by atoms with Crippen LogP contribution in [0.3, 0.4) is 0 Å². The van der Waals surface area contributed by atoms with Gasteiger partial charge in [-0.1, -0.05) is 6.07 Å². The largest absolute Gasteiger partial charge is 0.399 e. The Hall–Kier alpha value is -2.91. The highest BCUT2D eigenvalue weighted by Crippen LogP contribution is 2.36. The SMILES string of the molecule is C[C@@H](Nc1cnnc2ccc(C3(O)CCN(C)CC3)cc12)c1cc(N)cc(C(F)F)c1F. The van der Waals surface area contributed by atoms with Gasteiger partial charge in [-0.3, -0.25) is 0 Å². The Labute approximate surface area is 184 Å². The summed E-state index contributed by atoms with van der Waals surface area (Å²) in [5.74, 6) is -0.984. The quantitative estimate of drug-likeness (QED) is 0.506. The molecule has 1 saturated heterocycles. The van der Waals surface area contributed by atoms with Gasteiger partial charge in [0.2, 0.25) is 0 Å². The number of likely N-dealkylation sites (tertiary alicyclic amines) is 1. The highest BCUT2D eigenvalue weighted by molar-refractivity contribution is 5.91. The molecule has 0 saturated carbocycles. The first-order chi connectivity index (χ1) is 15.2. The number of nitrogens with zero attached hydrogens (tertiary/aromatic N) is 3. The smallest absolute Gasteiger partial charge is 0.266 e. The van der Waals surface area contributed by atoms with Crippen LogP contribution in [0.15, 0.2) is 36.5 Å². The van der Waals surface area contributed by atoms with E-state index in [0.717, 1.165) is 24.7 Å². The fraction of sp³-hybridized carbons (Fsp3) is 0.391. The lowest BCUT2D eigenvalue weighted by Gasteiger charge is -2.37. The molecule has 3 aromatic rings. The fourth-order valence-electron chi connectivity index (χ4n) is 4.22. The van der Waals surface area contributed by atoms with Crippen LogP contribution in [0.4, 0.5) is 24.5 Å². The van der Waals surface area contributed by atoms with Gasteiger partial charge in [0.25, 0.3) is 6.43 Å². The summed E-state index contributed by atoms with van der Waals surface area (Å²) in [5, 5.41) is 23.2. The van der Waals surface area contributed by atoms with E-state index >= 15 is 0 Å². The minimum atomic E-state index is -2.97. The first-order valence-electron chi connectivity index (χ1n) is 10.5. The molecular weight excluding hydrogens is 419 g/mol. The summed E-state index contributed by atoms with van der Waals surface area (Å²) in [6, 6.07) is 7.14. The lowest BCUT2D eigenvalue weighted by Crippen LogP contribution is -2.40. The molecule has 1 aliphatic rings. The molecule has 0 amide bonds. The Morgan fingerprint density at radius 1 is 1.16 bits per heavy atom. The molecule has 1 fully saturated rings. The number of hydrogen-bond donors (Lipinski definition) is 3. The number of nitrogen functional groups attached to an aromatic ring is 1. The molecule has 32 heavy (non-hydrogen) atoms. The Balaban J connectivity index is 1.69. The number of alkyl halides is 2. The molecule has 0 bridgehead atoms. The zero-order chi connectivity index (χ0) is 23.0. The second kappa shape index (κ2) is 8.55. The monoisotopic (exact) mass is 445 g/mol. The van der Waals surface area contributed by atoms with Gasteiger partial charge in [-0.05, 0) is 56.6 Å². The molecule has 0 aliphatic carbocycles. The van der Waals surface area contributed by atoms with Crippen LogP contribution in [-0.4, -0.2) is 40.3 Å². The number of benzene rings is 2. The van der Waals surface area contributed by atoms with Crippen molar-refractivity contribution in [3.8, 4) is 0 Å². The van der Waals surface area contributed by atoms with E-state index in [1.807, 2.05) is 19.2 Å². The average molecular weight is 445 g/mol. The van der Waals surface area contributed by atoms with Crippen LogP contribution in [0, 0.1) is 5.82 Å². The predicted molar refractivity (Wildman–Crippen MR) is 118 cm³/mol. The molecule has 1 aromatic heterocycles. The molecule has 0 spiro atoms. The highest BCUT2D eigenvalue weighted by atomic mass is 19.3. The van der Waals surface area contributed by atoms with Gasteiger partial charge in [0.1, 0.15) is 5.82 Å². The number of aliphatic hydroxyl groups is 1. The summed E-state index contributed by atoms with van der Waals surface area (Å²) in [7, 11) is 2.02. The molecule has 6 nitrogen and oxygen atoms in total. The molecule has 1 aliphatic heterocycles. The van der Waals surface area contributed by atoms with Crippen LogP contribution in [0.1, 0.15) is 48.9 Å². The van der Waals surface area contributed by atoms with Crippen molar-refractivity contribution in [2.24, 2.45) is 0 Å². The molecular formula is C23H26F3N5O. The number of rotatable bonds is 5. The zero-order valence-corrected chi connectivity index (χ0v) is 17.9. The van der Waals surface area contributed by atoms with Crippen molar-refractivity contribution in [1.82, 2.24) is 15.1 Å². The van der Waals surface area contributed by atoms with Gasteiger partial charge >= 0.3 is 0 Å². The topological polar surface area (TPSA) is 87.3 Å². The molecule has 170 valence electrons. The summed E-state index contributed by atoms with van der Waals surface area (Å²) in [6.45, 7) is 3.23. The first kappa shape index (κ1) is 22.3. The van der Waals surface area contributed by atoms with E-state index in [-0.39, 0.29) is 11.3 Å². The third-order valence-corrected chi connectivity index (χ3v) is 6.22. The Bertz CT molecular complexity index is 1130. The summed E-state index contributed by atoms with van der Waals surface area (Å²) in [6.07, 6.45) is -0.250. The van der Waals surface area contributed by atoms with E-state index in [1.54, 1.807) is 13.0 Å². The lowest BCUT2D eigenvalue weighted by atomic mass is 9.84. The number of nitrogens with two attached hydrogens (primary N) is 1. The summed E-state index contributed by atoms with van der Waals surface area (Å²) < 4.78 is 41.1. The maximum absolute atomic E-state index is 14.7. The van der Waals surface area contributed by atoms with E-state index in [4.69, 9.17) is 5.73 Å². The van der Waals surface area contributed by atoms with Crippen molar-refractivity contribution in [1.29, 1.82) is 0 Å². The van der Waals surface area contributed by atoms with Crippen LogP contribution in [0.5, 0.6) is 0 Å². The van der Waals surface area contributed by atoms with E-state index in [2.05, 4.69) is 20.4 Å². The second-order valence-corrected chi connectivity index (χ2v) is 8.51. The molecule has 9 heteroatoms. The van der Waals surface area contributed by atoms with Crippen LogP contribution in [0.25, 0.3) is 10.9 Å². The summed E-state index contributed by atoms with van der Waals surface area (Å²) in [5.41, 5.74) is 6.10. The third-order valence-electron chi connectivity index (χ3n) is 6.22. The van der Waals surface area contributed by atoms with E-state index < -0.39 is 29.4 Å². The van der Waals surface area contributed by atoms with Gasteiger partial charge in [0.05, 0.1) is 34.6 Å². The Morgan fingerprint density at radius 3 is 2.53 bits per heavy atom. The van der Waals surface area contributed by atoms with Gasteiger partial charge in [0, 0.05) is 29.7 Å². The van der Waals surface area contributed by atoms with Crippen molar-refractivity contribution in [3.05, 3.63) is 59.0 Å². The van der Waals surface area contributed by atoms with Gasteiger partial charge in [0.15, 0.2) is 0 Å². The molecule has 2 heterocycles. The highest BCUT2D eigenvalue weighted by Gasteiger charge is 2.33. The summed E-state index contributed by atoms with van der Waals surface area (Å²) >= 11 is 0. The van der Waals surface area contributed by atoms with Crippen molar-refractivity contribution in [2.45, 2.75) is 37.8 Å². The number of halogens is 3. The lowest BCUT2D eigenvalue weighted by molar-refractivity contribution is -0.0202. The normalized spacial score (nSPS) is 17.6. The minimum absolute atomic E-state index is 0.0374. The maximum Gasteiger partial charge on any atom is 0.266 e. The van der Waals surface area contributed by atoms with Crippen molar-refractivity contribution >= 4 is 22.3 Å². The number of aromatic nitrogens is 2. The molecule has 0 radical (unpaired) electrons. The molecule has 2 aromatic carbocycles. The van der Waals surface area contributed by atoms with Crippen LogP contribution in [0.2, 0.25) is 0 Å². The van der Waals surface area contributed by atoms with Crippen molar-refractivity contribution in [2.75, 3.05) is 31.2 Å². The maximum atomic E-state index is 14.7. The van der Waals surface area contributed by atoms with Gasteiger partial charge in [-0.2, -0.15) is 10.2 Å². The zero-order valence-electron chi connectivity index (χ0n) is 17.9. The molecule has 1 atom stereocenters. The second-order valence-electron chi connectivity index (χ2n) is 8.51. The molecule has 4 rings (SSSR count). The van der Waals surface area contributed by atoms with Crippen LogP contribution >= 0.6 is 0 Å². The van der Waals surface area contributed by atoms with Crippen LogP contribution < -0.4 is 11.1 Å². The Kier molecular flexibility index (Phi) is 5.96. The van der Waals surface area contributed by atoms with Gasteiger partial charge < -0.3 is 21.1 Å². The van der Waals surface area contributed by atoms with Gasteiger partial charge in [-0.15, -0.1) is 0 Å².